The predicted molar refractivity (Wildman–Crippen MR) is 67.8 cm³/mol. The summed E-state index contributed by atoms with van der Waals surface area (Å²) in [5.41, 5.74) is 6.58. The molecule has 1 aliphatic rings. The first-order valence-corrected chi connectivity index (χ1v) is 6.44. The quantitative estimate of drug-likeness (QED) is 0.810. The van der Waals surface area contributed by atoms with Crippen LogP contribution in [0.2, 0.25) is 5.15 Å². The van der Waals surface area contributed by atoms with E-state index in [0.29, 0.717) is 16.9 Å². The Morgan fingerprint density at radius 1 is 1.60 bits per heavy atom. The van der Waals surface area contributed by atoms with Crippen molar-refractivity contribution >= 4 is 34.9 Å². The van der Waals surface area contributed by atoms with Gasteiger partial charge in [0.25, 0.3) is 0 Å². The summed E-state index contributed by atoms with van der Waals surface area (Å²) in [4.78, 5) is 6.41. The molecule has 1 unspecified atom stereocenters. The molecule has 1 fully saturated rings. The molecule has 0 spiro atoms. The highest BCUT2D eigenvalue weighted by atomic mass is 35.5. The van der Waals surface area contributed by atoms with Gasteiger partial charge in [-0.05, 0) is 24.3 Å². The lowest BCUT2D eigenvalue weighted by Crippen LogP contribution is -2.32. The van der Waals surface area contributed by atoms with E-state index in [1.807, 2.05) is 24.9 Å². The first kappa shape index (κ1) is 10.9. The second-order valence-corrected chi connectivity index (χ2v) is 5.21. The summed E-state index contributed by atoms with van der Waals surface area (Å²) in [6.07, 6.45) is 1.19. The maximum Gasteiger partial charge on any atom is 0.153 e. The van der Waals surface area contributed by atoms with Crippen molar-refractivity contribution < 1.29 is 0 Å². The average Bonchev–Trinajstić information content (AvgIpc) is 2.74. The van der Waals surface area contributed by atoms with Gasteiger partial charge in [-0.25, -0.2) is 4.98 Å². The van der Waals surface area contributed by atoms with Crippen molar-refractivity contribution in [3.8, 4) is 0 Å². The van der Waals surface area contributed by atoms with Crippen LogP contribution in [0, 0.1) is 0 Å². The molecule has 15 heavy (non-hydrogen) atoms. The molecule has 0 aliphatic carbocycles. The minimum absolute atomic E-state index is 0.497. The number of pyridine rings is 1. The van der Waals surface area contributed by atoms with Crippen LogP contribution in [0.3, 0.4) is 0 Å². The van der Waals surface area contributed by atoms with E-state index in [0.717, 1.165) is 11.6 Å². The Kier molecular flexibility index (Phi) is 3.26. The van der Waals surface area contributed by atoms with E-state index in [1.54, 1.807) is 6.07 Å². The molecular formula is C10H14ClN3S. The zero-order valence-electron chi connectivity index (χ0n) is 8.61. The van der Waals surface area contributed by atoms with Crippen LogP contribution in [0.4, 0.5) is 11.5 Å². The zero-order valence-corrected chi connectivity index (χ0v) is 10.2. The van der Waals surface area contributed by atoms with Gasteiger partial charge in [-0.15, -0.1) is 0 Å². The molecule has 0 saturated carbocycles. The Hall–Kier alpha value is -0.610. The van der Waals surface area contributed by atoms with Gasteiger partial charge in [0, 0.05) is 18.8 Å². The van der Waals surface area contributed by atoms with Crippen LogP contribution in [0.5, 0.6) is 0 Å². The van der Waals surface area contributed by atoms with Crippen LogP contribution >= 0.6 is 23.4 Å². The van der Waals surface area contributed by atoms with Crippen LogP contribution in [-0.4, -0.2) is 29.6 Å². The largest absolute Gasteiger partial charge is 0.396 e. The van der Waals surface area contributed by atoms with Crippen molar-refractivity contribution in [2.24, 2.45) is 0 Å². The summed E-state index contributed by atoms with van der Waals surface area (Å²) in [5.74, 6) is 3.16. The Morgan fingerprint density at radius 2 is 2.40 bits per heavy atom. The molecule has 3 nitrogen and oxygen atoms in total. The second-order valence-electron chi connectivity index (χ2n) is 3.68. The van der Waals surface area contributed by atoms with Gasteiger partial charge in [0.1, 0.15) is 5.15 Å². The van der Waals surface area contributed by atoms with E-state index in [-0.39, 0.29) is 0 Å². The molecule has 1 saturated heterocycles. The van der Waals surface area contributed by atoms with Gasteiger partial charge >= 0.3 is 0 Å². The van der Waals surface area contributed by atoms with Crippen LogP contribution in [-0.2, 0) is 0 Å². The topological polar surface area (TPSA) is 42.2 Å². The maximum atomic E-state index is 5.89. The monoisotopic (exact) mass is 243 g/mol. The number of hydrogen-bond acceptors (Lipinski definition) is 4. The minimum atomic E-state index is 0.497. The van der Waals surface area contributed by atoms with Crippen molar-refractivity contribution in [3.05, 3.63) is 17.3 Å². The van der Waals surface area contributed by atoms with Crippen LogP contribution < -0.4 is 10.6 Å². The molecule has 0 bridgehead atoms. The molecule has 1 aliphatic heterocycles. The lowest BCUT2D eigenvalue weighted by Gasteiger charge is -2.26. The number of halogens is 1. The fourth-order valence-corrected chi connectivity index (χ4v) is 3.13. The number of aromatic nitrogens is 1. The highest BCUT2D eigenvalue weighted by Crippen LogP contribution is 2.28. The third kappa shape index (κ3) is 2.32. The average molecular weight is 244 g/mol. The van der Waals surface area contributed by atoms with E-state index in [9.17, 15) is 0 Å². The van der Waals surface area contributed by atoms with Crippen LogP contribution in [0.25, 0.3) is 0 Å². The molecule has 0 radical (unpaired) electrons. The molecule has 1 atom stereocenters. The normalized spacial score (nSPS) is 20.5. The molecule has 82 valence electrons. The Balaban J connectivity index is 2.23. The lowest BCUT2D eigenvalue weighted by atomic mass is 10.2. The standard InChI is InChI=1S/C10H14ClN3S/c1-14(7-4-5-15-6-7)10-8(12)2-3-9(11)13-10/h2-3,7H,4-6,12H2,1H3. The number of hydrogen-bond donors (Lipinski definition) is 1. The fraction of sp³-hybridized carbons (Fsp3) is 0.500. The van der Waals surface area contributed by atoms with Gasteiger partial charge in [-0.2, -0.15) is 11.8 Å². The van der Waals surface area contributed by atoms with E-state index < -0.39 is 0 Å². The fourth-order valence-electron chi connectivity index (χ4n) is 1.72. The molecular weight excluding hydrogens is 230 g/mol. The van der Waals surface area contributed by atoms with Crippen LogP contribution in [0.15, 0.2) is 12.1 Å². The maximum absolute atomic E-state index is 5.89. The van der Waals surface area contributed by atoms with Crippen molar-refractivity contribution in [1.29, 1.82) is 0 Å². The summed E-state index contributed by atoms with van der Waals surface area (Å²) < 4.78 is 0. The summed E-state index contributed by atoms with van der Waals surface area (Å²) in [7, 11) is 2.03. The van der Waals surface area contributed by atoms with Gasteiger partial charge in [0.2, 0.25) is 0 Å². The Bertz CT molecular complexity index is 353. The molecule has 5 heteroatoms. The zero-order chi connectivity index (χ0) is 10.8. The second kappa shape index (κ2) is 4.49. The Labute approximate surface area is 99.0 Å². The van der Waals surface area contributed by atoms with Gasteiger partial charge in [0.05, 0.1) is 5.69 Å². The van der Waals surface area contributed by atoms with E-state index in [2.05, 4.69) is 9.88 Å². The van der Waals surface area contributed by atoms with Crippen LogP contribution in [0.1, 0.15) is 6.42 Å². The highest BCUT2D eigenvalue weighted by Gasteiger charge is 2.22. The van der Waals surface area contributed by atoms with E-state index in [4.69, 9.17) is 17.3 Å². The smallest absolute Gasteiger partial charge is 0.153 e. The number of nitrogens with zero attached hydrogens (tertiary/aromatic N) is 2. The van der Waals surface area contributed by atoms with E-state index in [1.165, 1.54) is 12.2 Å². The van der Waals surface area contributed by atoms with Crippen molar-refractivity contribution in [2.45, 2.75) is 12.5 Å². The first-order chi connectivity index (χ1) is 7.18. The summed E-state index contributed by atoms with van der Waals surface area (Å²) in [6.45, 7) is 0. The molecule has 2 rings (SSSR count). The number of anilines is 2. The predicted octanol–water partition coefficient (Wildman–Crippen LogP) is 2.26. The third-order valence-corrected chi connectivity index (χ3v) is 4.01. The molecule has 2 heterocycles. The van der Waals surface area contributed by atoms with E-state index >= 15 is 0 Å². The van der Waals surface area contributed by atoms with Crippen molar-refractivity contribution in [1.82, 2.24) is 4.98 Å². The lowest BCUT2D eigenvalue weighted by molar-refractivity contribution is 0.693. The van der Waals surface area contributed by atoms with Gasteiger partial charge in [-0.3, -0.25) is 0 Å². The third-order valence-electron chi connectivity index (χ3n) is 2.66. The number of thioether (sulfide) groups is 1. The van der Waals surface area contributed by atoms with Gasteiger partial charge in [0.15, 0.2) is 5.82 Å². The molecule has 0 aromatic carbocycles. The molecule has 1 aromatic rings. The van der Waals surface area contributed by atoms with Crippen molar-refractivity contribution in [3.63, 3.8) is 0 Å². The summed E-state index contributed by atoms with van der Waals surface area (Å²) in [6, 6.07) is 4.06. The summed E-state index contributed by atoms with van der Waals surface area (Å²) >= 11 is 7.84. The molecule has 2 N–H and O–H groups in total. The minimum Gasteiger partial charge on any atom is -0.396 e. The Morgan fingerprint density at radius 3 is 3.07 bits per heavy atom. The number of rotatable bonds is 2. The van der Waals surface area contributed by atoms with Crippen molar-refractivity contribution in [2.75, 3.05) is 29.2 Å². The SMILES string of the molecule is CN(c1nc(Cl)ccc1N)C1CCSC1. The van der Waals surface area contributed by atoms with Gasteiger partial charge in [-0.1, -0.05) is 11.6 Å². The number of nitrogens with two attached hydrogens (primary N) is 1. The summed E-state index contributed by atoms with van der Waals surface area (Å²) in [5, 5.41) is 0.497. The molecule has 1 aromatic heterocycles. The first-order valence-electron chi connectivity index (χ1n) is 4.91. The number of nitrogen functional groups attached to an aromatic ring is 1. The molecule has 0 amide bonds. The van der Waals surface area contributed by atoms with Gasteiger partial charge < -0.3 is 10.6 Å². The highest BCUT2D eigenvalue weighted by molar-refractivity contribution is 7.99.